The van der Waals surface area contributed by atoms with Gasteiger partial charge in [-0.25, -0.2) is 0 Å². The van der Waals surface area contributed by atoms with Gasteiger partial charge in [0.15, 0.2) is 0 Å². The van der Waals surface area contributed by atoms with Gasteiger partial charge in [-0.1, -0.05) is 52.6 Å². The quantitative estimate of drug-likeness (QED) is 0.459. The molecule has 1 saturated heterocycles. The Hall–Kier alpha value is -2.50. The Labute approximate surface area is 216 Å². The van der Waals surface area contributed by atoms with Crippen molar-refractivity contribution in [3.63, 3.8) is 0 Å². The van der Waals surface area contributed by atoms with Crippen LogP contribution >= 0.6 is 23.2 Å². The molecule has 13 heteroatoms. The van der Waals surface area contributed by atoms with E-state index in [1.807, 2.05) is 0 Å². The molecule has 2 aromatic carbocycles. The third-order valence-corrected chi connectivity index (χ3v) is 7.69. The summed E-state index contributed by atoms with van der Waals surface area (Å²) in [6.07, 6.45) is -9.45. The van der Waals surface area contributed by atoms with E-state index in [0.29, 0.717) is 11.6 Å². The predicted molar refractivity (Wildman–Crippen MR) is 121 cm³/mol. The number of oxime groups is 1. The molecule has 2 aliphatic heterocycles. The summed E-state index contributed by atoms with van der Waals surface area (Å²) in [6.45, 7) is 0.226. The molecule has 0 aromatic heterocycles. The van der Waals surface area contributed by atoms with Crippen LogP contribution in [0.1, 0.15) is 41.5 Å². The number of carbonyl (C=O) groups excluding carboxylic acids is 1. The molecule has 198 valence electrons. The van der Waals surface area contributed by atoms with E-state index < -0.39 is 51.1 Å². The molecule has 3 aliphatic rings. The second-order valence-corrected chi connectivity index (χ2v) is 10.3. The second kappa shape index (κ2) is 8.51. The Balaban J connectivity index is 1.39. The van der Waals surface area contributed by atoms with Crippen molar-refractivity contribution in [2.75, 3.05) is 13.1 Å². The molecule has 0 spiro atoms. The topological polar surface area (TPSA) is 62.1 Å². The largest absolute Gasteiger partial charge is 0.435 e. The summed E-state index contributed by atoms with van der Waals surface area (Å²) in [5, 5.41) is 12.8. The Morgan fingerprint density at radius 2 is 1.65 bits per heavy atom. The number of amides is 1. The molecule has 37 heavy (non-hydrogen) atoms. The van der Waals surface area contributed by atoms with Gasteiger partial charge < -0.3 is 14.8 Å². The molecule has 0 unspecified atom stereocenters. The lowest BCUT2D eigenvalue weighted by atomic mass is 9.83. The van der Waals surface area contributed by atoms with Crippen LogP contribution < -0.4 is 0 Å². The number of hydrogen-bond donors (Lipinski definition) is 1. The third kappa shape index (κ3) is 4.44. The molecule has 0 radical (unpaired) electrons. The zero-order valence-corrected chi connectivity index (χ0v) is 20.3. The Morgan fingerprint density at radius 3 is 2.19 bits per heavy atom. The van der Waals surface area contributed by atoms with Gasteiger partial charge in [0.05, 0.1) is 34.4 Å². The fraction of sp³-hybridized carbons (Fsp3) is 0.417. The highest BCUT2D eigenvalue weighted by Crippen LogP contribution is 2.51. The van der Waals surface area contributed by atoms with Gasteiger partial charge in [0.1, 0.15) is 5.60 Å². The van der Waals surface area contributed by atoms with Crippen LogP contribution in [0.25, 0.3) is 0 Å². The SMILES string of the molecule is O=C(C1CC1)N1CC(O)(c2ccc(C3=NO[C@](c4cc(Cl)c(Cl)c(C(F)(F)F)c4)(C(F)(F)F)C3)cc2)C1. The average molecular weight is 567 g/mol. The van der Waals surface area contributed by atoms with E-state index in [1.54, 1.807) is 4.90 Å². The van der Waals surface area contributed by atoms with Gasteiger partial charge >= 0.3 is 12.4 Å². The molecule has 1 N–H and O–H groups in total. The van der Waals surface area contributed by atoms with Crippen molar-refractivity contribution in [2.24, 2.45) is 11.1 Å². The number of carbonyl (C=O) groups is 1. The molecule has 1 saturated carbocycles. The van der Waals surface area contributed by atoms with E-state index in [-0.39, 0.29) is 42.3 Å². The van der Waals surface area contributed by atoms with Gasteiger partial charge in [0.2, 0.25) is 5.91 Å². The lowest BCUT2D eigenvalue weighted by Crippen LogP contribution is -2.61. The van der Waals surface area contributed by atoms with Crippen molar-refractivity contribution in [1.82, 2.24) is 4.90 Å². The summed E-state index contributed by atoms with van der Waals surface area (Å²) in [5.41, 5.74) is -6.37. The number of aliphatic hydroxyl groups is 1. The monoisotopic (exact) mass is 566 g/mol. The standard InChI is InChI=1S/C24H18Cl2F6N2O3/c25-17-8-15(7-16(19(17)26)23(27,28)29)22(24(30,31)32)9-18(33-37-22)12-3-5-14(6-4-12)21(36)10-34(11-21)20(35)13-1-2-13/h3-8,13,36H,1-2,9-11H2/t22-/m1/s1. The Kier molecular flexibility index (Phi) is 6.00. The van der Waals surface area contributed by atoms with Crippen molar-refractivity contribution in [3.05, 3.63) is 68.7 Å². The molecular weight excluding hydrogens is 549 g/mol. The molecule has 5 rings (SSSR count). The molecule has 1 aliphatic carbocycles. The highest BCUT2D eigenvalue weighted by molar-refractivity contribution is 6.42. The summed E-state index contributed by atoms with van der Waals surface area (Å²) >= 11 is 11.4. The van der Waals surface area contributed by atoms with Crippen molar-refractivity contribution in [1.29, 1.82) is 0 Å². The molecule has 2 heterocycles. The van der Waals surface area contributed by atoms with E-state index in [0.717, 1.165) is 12.8 Å². The number of halogens is 8. The third-order valence-electron chi connectivity index (χ3n) is 6.88. The summed E-state index contributed by atoms with van der Waals surface area (Å²) in [5.74, 6) is 0.0159. The fourth-order valence-electron chi connectivity index (χ4n) is 4.57. The minimum absolute atomic E-state index is 0.00164. The Bertz CT molecular complexity index is 1290. The second-order valence-electron chi connectivity index (χ2n) is 9.53. The Morgan fingerprint density at radius 1 is 1.03 bits per heavy atom. The first kappa shape index (κ1) is 26.1. The van der Waals surface area contributed by atoms with Crippen molar-refractivity contribution >= 4 is 34.8 Å². The molecule has 2 aromatic rings. The number of hydrogen-bond acceptors (Lipinski definition) is 4. The summed E-state index contributed by atoms with van der Waals surface area (Å²) in [7, 11) is 0. The van der Waals surface area contributed by atoms with Crippen molar-refractivity contribution in [3.8, 4) is 0 Å². The number of β-amino-alcohol motifs (C(OH)–C–C–N with tert-alkyl or cyclic N) is 1. The number of alkyl halides is 6. The molecule has 5 nitrogen and oxygen atoms in total. The van der Waals surface area contributed by atoms with Gasteiger partial charge in [-0.3, -0.25) is 4.79 Å². The first-order chi connectivity index (χ1) is 17.1. The fourth-order valence-corrected chi connectivity index (χ4v) is 5.01. The maximum absolute atomic E-state index is 14.3. The van der Waals surface area contributed by atoms with Gasteiger partial charge in [-0.2, -0.15) is 26.3 Å². The van der Waals surface area contributed by atoms with E-state index in [4.69, 9.17) is 28.0 Å². The van der Waals surface area contributed by atoms with Crippen LogP contribution in [0, 0.1) is 5.92 Å². The van der Waals surface area contributed by atoms with Crippen molar-refractivity contribution in [2.45, 2.75) is 42.8 Å². The summed E-state index contributed by atoms with van der Waals surface area (Å²) < 4.78 is 83.0. The highest BCUT2D eigenvalue weighted by atomic mass is 35.5. The molecule has 1 amide bonds. The van der Waals surface area contributed by atoms with Crippen molar-refractivity contribution < 1.29 is 41.1 Å². The van der Waals surface area contributed by atoms with Crippen LogP contribution in [-0.2, 0) is 27.0 Å². The highest BCUT2D eigenvalue weighted by Gasteiger charge is 2.63. The number of nitrogens with zero attached hydrogens (tertiary/aromatic N) is 2. The zero-order chi connectivity index (χ0) is 27.0. The van der Waals surface area contributed by atoms with E-state index in [9.17, 15) is 36.2 Å². The predicted octanol–water partition coefficient (Wildman–Crippen LogP) is 6.03. The number of rotatable bonds is 4. The van der Waals surface area contributed by atoms with E-state index in [1.165, 1.54) is 24.3 Å². The van der Waals surface area contributed by atoms with Gasteiger partial charge in [0.25, 0.3) is 5.60 Å². The molecule has 2 fully saturated rings. The number of benzene rings is 2. The zero-order valence-electron chi connectivity index (χ0n) is 18.8. The lowest BCUT2D eigenvalue weighted by molar-refractivity contribution is -0.276. The van der Waals surface area contributed by atoms with Crippen LogP contribution in [0.15, 0.2) is 41.6 Å². The minimum atomic E-state index is -5.16. The van der Waals surface area contributed by atoms with Gasteiger partial charge in [0, 0.05) is 17.9 Å². The maximum Gasteiger partial charge on any atom is 0.435 e. The minimum Gasteiger partial charge on any atom is -0.381 e. The maximum atomic E-state index is 14.3. The van der Waals surface area contributed by atoms with Crippen LogP contribution in [0.4, 0.5) is 26.3 Å². The smallest absolute Gasteiger partial charge is 0.381 e. The molecular formula is C24H18Cl2F6N2O3. The summed E-state index contributed by atoms with van der Waals surface area (Å²) in [6, 6.07) is 6.84. The first-order valence-corrected chi connectivity index (χ1v) is 11.9. The van der Waals surface area contributed by atoms with Crippen LogP contribution in [0.5, 0.6) is 0 Å². The first-order valence-electron chi connectivity index (χ1n) is 11.2. The molecule has 0 bridgehead atoms. The van der Waals surface area contributed by atoms with Gasteiger partial charge in [-0.05, 0) is 36.1 Å². The lowest BCUT2D eigenvalue weighted by Gasteiger charge is -2.47. The van der Waals surface area contributed by atoms with Crippen LogP contribution in [-0.4, -0.2) is 40.9 Å². The summed E-state index contributed by atoms with van der Waals surface area (Å²) in [4.78, 5) is 18.5. The average Bonchev–Trinajstić information content (AvgIpc) is 3.54. The normalized spacial score (nSPS) is 23.4. The number of likely N-dealkylation sites (tertiary alicyclic amines) is 1. The van der Waals surface area contributed by atoms with E-state index >= 15 is 0 Å². The van der Waals surface area contributed by atoms with E-state index in [2.05, 4.69) is 5.16 Å². The van der Waals surface area contributed by atoms with Crippen LogP contribution in [0.3, 0.4) is 0 Å². The molecule has 1 atom stereocenters. The van der Waals surface area contributed by atoms with Gasteiger partial charge in [-0.15, -0.1) is 0 Å². The van der Waals surface area contributed by atoms with Crippen LogP contribution in [0.2, 0.25) is 10.0 Å².